The lowest BCUT2D eigenvalue weighted by molar-refractivity contribution is 0.718. The third-order valence-corrected chi connectivity index (χ3v) is 15.1. The molecule has 0 amide bonds. The van der Waals surface area contributed by atoms with Gasteiger partial charge in [-0.2, -0.15) is 0 Å². The number of fused-ring (bicyclic) bond motifs is 14. The van der Waals surface area contributed by atoms with Crippen LogP contribution in [0.5, 0.6) is 0 Å². The number of benzene rings is 10. The zero-order chi connectivity index (χ0) is 47.3. The van der Waals surface area contributed by atoms with Crippen LogP contribution in [-0.4, -0.2) is 28.7 Å². The van der Waals surface area contributed by atoms with Gasteiger partial charge in [-0.3, -0.25) is 0 Å². The van der Waals surface area contributed by atoms with Crippen LogP contribution in [0.2, 0.25) is 0 Å². The van der Waals surface area contributed by atoms with Gasteiger partial charge in [-0.15, -0.1) is 0 Å². The molecule has 72 heavy (non-hydrogen) atoms. The quantitative estimate of drug-likeness (QED) is 0.153. The number of para-hydroxylation sites is 5. The summed E-state index contributed by atoms with van der Waals surface area (Å²) in [6.07, 6.45) is 0.587. The molecule has 14 aromatic rings. The minimum atomic E-state index is -0.0235. The average Bonchev–Trinajstić information content (AvgIpc) is 4.17. The van der Waals surface area contributed by atoms with E-state index in [0.717, 1.165) is 39.4 Å². The highest BCUT2D eigenvalue weighted by atomic mass is 15.1. The monoisotopic (exact) mass is 920 g/mol. The second-order valence-electron chi connectivity index (χ2n) is 19.0. The average molecular weight is 921 g/mol. The molecule has 6 nitrogen and oxygen atoms in total. The van der Waals surface area contributed by atoms with Gasteiger partial charge in [-0.25, -0.2) is 15.0 Å². The van der Waals surface area contributed by atoms with Crippen molar-refractivity contribution < 1.29 is 0 Å². The first-order chi connectivity index (χ1) is 35.7. The van der Waals surface area contributed by atoms with Crippen LogP contribution < -0.4 is 0 Å². The number of hydrogen-bond acceptors (Lipinski definition) is 3. The molecular formula is C66H44N6. The summed E-state index contributed by atoms with van der Waals surface area (Å²) >= 11 is 0. The maximum absolute atomic E-state index is 5.57. The Morgan fingerprint density at radius 1 is 0.333 bits per heavy atom. The Labute approximate surface area is 415 Å². The van der Waals surface area contributed by atoms with Crippen LogP contribution >= 0.6 is 0 Å². The molecule has 338 valence electrons. The van der Waals surface area contributed by atoms with Gasteiger partial charge in [-0.05, 0) is 75.8 Å². The Hall–Kier alpha value is -9.39. The van der Waals surface area contributed by atoms with E-state index >= 15 is 0 Å². The zero-order valence-electron chi connectivity index (χ0n) is 39.2. The highest BCUT2D eigenvalue weighted by molar-refractivity contribution is 6.23. The lowest BCUT2D eigenvalue weighted by Crippen LogP contribution is -2.13. The van der Waals surface area contributed by atoms with Crippen molar-refractivity contribution in [3.8, 4) is 45.0 Å². The molecule has 1 unspecified atom stereocenters. The van der Waals surface area contributed by atoms with Gasteiger partial charge in [0, 0.05) is 67.1 Å². The molecule has 0 fully saturated rings. The smallest absolute Gasteiger partial charge is 0.163 e. The van der Waals surface area contributed by atoms with E-state index in [2.05, 4.69) is 250 Å². The molecule has 10 aromatic carbocycles. The lowest BCUT2D eigenvalue weighted by Gasteiger charge is -2.18. The molecule has 0 bridgehead atoms. The maximum Gasteiger partial charge on any atom is 0.163 e. The van der Waals surface area contributed by atoms with Crippen molar-refractivity contribution in [2.45, 2.75) is 18.9 Å². The van der Waals surface area contributed by atoms with E-state index in [1.54, 1.807) is 0 Å². The molecule has 1 aliphatic carbocycles. The summed E-state index contributed by atoms with van der Waals surface area (Å²) in [5.41, 5.74) is 17.7. The fourth-order valence-electron chi connectivity index (χ4n) is 12.1. The van der Waals surface area contributed by atoms with Gasteiger partial charge < -0.3 is 13.7 Å². The van der Waals surface area contributed by atoms with Crippen LogP contribution in [0.25, 0.3) is 110 Å². The zero-order valence-corrected chi connectivity index (χ0v) is 39.2. The molecule has 0 spiro atoms. The lowest BCUT2D eigenvalue weighted by atomic mass is 9.91. The summed E-state index contributed by atoms with van der Waals surface area (Å²) in [5, 5.41) is 7.30. The highest BCUT2D eigenvalue weighted by Gasteiger charge is 2.34. The van der Waals surface area contributed by atoms with Crippen molar-refractivity contribution in [2.75, 3.05) is 0 Å². The van der Waals surface area contributed by atoms with E-state index in [1.165, 1.54) is 82.2 Å². The number of hydrogen-bond donors (Lipinski definition) is 0. The van der Waals surface area contributed by atoms with E-state index in [-0.39, 0.29) is 5.92 Å². The fourth-order valence-corrected chi connectivity index (χ4v) is 12.1. The normalized spacial score (nSPS) is 13.2. The second kappa shape index (κ2) is 16.1. The topological polar surface area (TPSA) is 53.5 Å². The maximum atomic E-state index is 5.57. The first-order valence-corrected chi connectivity index (χ1v) is 24.8. The van der Waals surface area contributed by atoms with Crippen LogP contribution in [0.1, 0.15) is 28.7 Å². The van der Waals surface area contributed by atoms with Gasteiger partial charge in [0.25, 0.3) is 0 Å². The molecule has 0 N–H and O–H groups in total. The van der Waals surface area contributed by atoms with Crippen LogP contribution in [-0.2, 0) is 13.0 Å². The number of rotatable bonds is 8. The number of nitrogens with zero attached hydrogens (tertiary/aromatic N) is 6. The highest BCUT2D eigenvalue weighted by Crippen LogP contribution is 2.51. The van der Waals surface area contributed by atoms with Crippen LogP contribution in [0.15, 0.2) is 237 Å². The molecule has 4 aromatic heterocycles. The Bertz CT molecular complexity index is 4430. The van der Waals surface area contributed by atoms with Crippen LogP contribution in [0.3, 0.4) is 0 Å². The second-order valence-corrected chi connectivity index (χ2v) is 19.0. The Morgan fingerprint density at radius 3 is 1.50 bits per heavy atom. The van der Waals surface area contributed by atoms with Crippen molar-refractivity contribution in [1.82, 2.24) is 28.7 Å². The first kappa shape index (κ1) is 40.5. The minimum Gasteiger partial charge on any atom is -0.331 e. The first-order valence-electron chi connectivity index (χ1n) is 24.8. The number of aromatic nitrogens is 6. The predicted molar refractivity (Wildman–Crippen MR) is 295 cm³/mol. The van der Waals surface area contributed by atoms with Gasteiger partial charge in [0.2, 0.25) is 0 Å². The Balaban J connectivity index is 0.957. The predicted octanol–water partition coefficient (Wildman–Crippen LogP) is 15.9. The third-order valence-electron chi connectivity index (χ3n) is 15.1. The van der Waals surface area contributed by atoms with E-state index in [1.807, 2.05) is 0 Å². The molecule has 0 aliphatic heterocycles. The van der Waals surface area contributed by atoms with E-state index < -0.39 is 0 Å². The summed E-state index contributed by atoms with van der Waals surface area (Å²) in [7, 11) is 0. The van der Waals surface area contributed by atoms with Crippen LogP contribution in [0, 0.1) is 0 Å². The molecule has 6 heteroatoms. The summed E-state index contributed by atoms with van der Waals surface area (Å²) < 4.78 is 7.36. The molecule has 0 saturated heterocycles. The van der Waals surface area contributed by atoms with Crippen molar-refractivity contribution in [1.29, 1.82) is 0 Å². The molecule has 0 radical (unpaired) electrons. The van der Waals surface area contributed by atoms with Crippen molar-refractivity contribution in [2.24, 2.45) is 0 Å². The van der Waals surface area contributed by atoms with Crippen molar-refractivity contribution >= 4 is 65.4 Å². The third kappa shape index (κ3) is 6.18. The largest absolute Gasteiger partial charge is 0.331 e. The molecular weight excluding hydrogens is 877 g/mol. The van der Waals surface area contributed by atoms with E-state index in [4.69, 9.17) is 15.0 Å². The van der Waals surface area contributed by atoms with Gasteiger partial charge in [-0.1, -0.05) is 194 Å². The molecule has 1 aliphatic rings. The molecule has 4 heterocycles. The Morgan fingerprint density at radius 2 is 0.819 bits per heavy atom. The molecule has 0 saturated carbocycles. The molecule has 1 atom stereocenters. The van der Waals surface area contributed by atoms with Gasteiger partial charge in [0.1, 0.15) is 5.82 Å². The summed E-state index contributed by atoms with van der Waals surface area (Å²) in [6.45, 7) is 0.439. The van der Waals surface area contributed by atoms with Crippen molar-refractivity contribution in [3.05, 3.63) is 259 Å². The van der Waals surface area contributed by atoms with E-state index in [9.17, 15) is 0 Å². The van der Waals surface area contributed by atoms with Gasteiger partial charge >= 0.3 is 0 Å². The minimum absolute atomic E-state index is 0.0235. The SMILES string of the molecule is c1ccc(-c2ccc(-c3nc(CC4c5ccccc5-c5ccc6c7ccccc7n(-c7ccccc7)c6c54)nc(Cn4c5ccccc5c5ccc6c7ccccc7n(-c7ccccc7)c6c54)n3)cc2)cc1. The van der Waals surface area contributed by atoms with Gasteiger partial charge in [0.05, 0.1) is 34.1 Å². The summed E-state index contributed by atoms with van der Waals surface area (Å²) in [6, 6.07) is 85.4. The van der Waals surface area contributed by atoms with E-state index in [0.29, 0.717) is 24.6 Å². The summed E-state index contributed by atoms with van der Waals surface area (Å²) in [5.74, 6) is 2.12. The van der Waals surface area contributed by atoms with Crippen molar-refractivity contribution in [3.63, 3.8) is 0 Å². The standard InChI is InChI=1S/C66H44N6/c1-4-18-42(19-5-1)43-32-34-44(35-33-43)66-68-60(40-56-48-25-11-10-24-47(48)52-36-37-53-50-27-13-16-30-58(50)71(63(53)62(52)56)45-20-6-2-7-21-45)67-61(69-66)41-70-57-29-15-12-26-49(57)54-38-39-55-51-28-14-17-31-59(51)72(65(55)64(54)70)46-22-8-3-9-23-46/h1-39,56H,40-41H2. The fraction of sp³-hybridized carbons (Fsp3) is 0.0455. The summed E-state index contributed by atoms with van der Waals surface area (Å²) in [4.78, 5) is 16.5. The molecule has 15 rings (SSSR count). The van der Waals surface area contributed by atoms with Gasteiger partial charge in [0.15, 0.2) is 11.6 Å². The Kier molecular flexibility index (Phi) is 9.05. The van der Waals surface area contributed by atoms with Crippen LogP contribution in [0.4, 0.5) is 0 Å².